The van der Waals surface area contributed by atoms with Crippen LogP contribution < -0.4 is 5.32 Å². The Bertz CT molecular complexity index is 428. The fraction of sp³-hybridized carbons (Fsp3) is 0.688. The Morgan fingerprint density at radius 3 is 2.39 bits per heavy atom. The number of esters is 2. The van der Waals surface area contributed by atoms with Crippen molar-refractivity contribution in [3.05, 3.63) is 12.2 Å². The van der Waals surface area contributed by atoms with Gasteiger partial charge in [0, 0.05) is 12.2 Å². The number of ether oxygens (including phenoxy) is 3. The molecule has 0 unspecified atom stereocenters. The predicted octanol–water partition coefficient (Wildman–Crippen LogP) is 1.95. The number of methoxy groups -OCH3 is 1. The smallest absolute Gasteiger partial charge is 0.407 e. The molecule has 1 atom stereocenters. The first-order chi connectivity index (χ1) is 11.0. The topological polar surface area (TPSA) is 90.9 Å². The summed E-state index contributed by atoms with van der Waals surface area (Å²) in [6.07, 6.45) is 7.29. The first kappa shape index (κ1) is 19.0. The van der Waals surface area contributed by atoms with E-state index in [1.165, 1.54) is 26.4 Å². The molecule has 1 fully saturated rings. The van der Waals surface area contributed by atoms with Gasteiger partial charge in [0.2, 0.25) is 0 Å². The van der Waals surface area contributed by atoms with E-state index in [1.807, 2.05) is 0 Å². The lowest BCUT2D eigenvalue weighted by Gasteiger charge is -2.21. The van der Waals surface area contributed by atoms with Gasteiger partial charge in [0.25, 0.3) is 0 Å². The SMILES string of the molecule is COC(=O)/C=C/C(=O)OC[C@H](C)NC(=O)OCC1CCCCC1. The molecule has 23 heavy (non-hydrogen) atoms. The maximum atomic E-state index is 11.6. The minimum absolute atomic E-state index is 0.0110. The van der Waals surface area contributed by atoms with Gasteiger partial charge in [0.05, 0.1) is 19.8 Å². The molecule has 0 aromatic rings. The minimum Gasteiger partial charge on any atom is -0.466 e. The lowest BCUT2D eigenvalue weighted by Crippen LogP contribution is -2.37. The predicted molar refractivity (Wildman–Crippen MR) is 82.6 cm³/mol. The lowest BCUT2D eigenvalue weighted by atomic mass is 9.90. The summed E-state index contributed by atoms with van der Waals surface area (Å²) in [5.41, 5.74) is 0. The molecule has 0 bridgehead atoms. The molecular weight excluding hydrogens is 302 g/mol. The fourth-order valence-electron chi connectivity index (χ4n) is 2.29. The summed E-state index contributed by atoms with van der Waals surface area (Å²) in [7, 11) is 1.21. The first-order valence-corrected chi connectivity index (χ1v) is 7.87. The van der Waals surface area contributed by atoms with Crippen LogP contribution in [-0.2, 0) is 23.8 Å². The average molecular weight is 327 g/mol. The summed E-state index contributed by atoms with van der Waals surface area (Å²) in [5, 5.41) is 2.60. The maximum absolute atomic E-state index is 11.6. The van der Waals surface area contributed by atoms with E-state index in [4.69, 9.17) is 9.47 Å². The van der Waals surface area contributed by atoms with Crippen LogP contribution >= 0.6 is 0 Å². The first-order valence-electron chi connectivity index (χ1n) is 7.87. The number of alkyl carbamates (subject to hydrolysis) is 1. The van der Waals surface area contributed by atoms with Crippen molar-refractivity contribution in [2.75, 3.05) is 20.3 Å². The molecule has 7 nitrogen and oxygen atoms in total. The number of hydrogen-bond acceptors (Lipinski definition) is 6. The van der Waals surface area contributed by atoms with Gasteiger partial charge in [-0.1, -0.05) is 19.3 Å². The molecule has 1 saturated carbocycles. The van der Waals surface area contributed by atoms with E-state index in [9.17, 15) is 14.4 Å². The lowest BCUT2D eigenvalue weighted by molar-refractivity contribution is -0.139. The second-order valence-corrected chi connectivity index (χ2v) is 5.63. The van der Waals surface area contributed by atoms with E-state index in [0.29, 0.717) is 12.5 Å². The number of rotatable bonds is 7. The van der Waals surface area contributed by atoms with Gasteiger partial charge >= 0.3 is 18.0 Å². The molecular formula is C16H25NO6. The van der Waals surface area contributed by atoms with Crippen LogP contribution in [0.25, 0.3) is 0 Å². The molecule has 1 rings (SSSR count). The van der Waals surface area contributed by atoms with Crippen LogP contribution in [0.4, 0.5) is 4.79 Å². The highest BCUT2D eigenvalue weighted by Gasteiger charge is 2.16. The summed E-state index contributed by atoms with van der Waals surface area (Å²) in [4.78, 5) is 33.8. The molecule has 1 amide bonds. The van der Waals surface area contributed by atoms with Crippen molar-refractivity contribution in [2.24, 2.45) is 5.92 Å². The van der Waals surface area contributed by atoms with Gasteiger partial charge in [-0.25, -0.2) is 14.4 Å². The van der Waals surface area contributed by atoms with E-state index >= 15 is 0 Å². The quantitative estimate of drug-likeness (QED) is 0.437. The van der Waals surface area contributed by atoms with E-state index in [-0.39, 0.29) is 12.6 Å². The van der Waals surface area contributed by atoms with Crippen molar-refractivity contribution in [1.82, 2.24) is 5.32 Å². The summed E-state index contributed by atoms with van der Waals surface area (Å²) >= 11 is 0. The highest BCUT2D eigenvalue weighted by Crippen LogP contribution is 2.23. The van der Waals surface area contributed by atoms with Crippen molar-refractivity contribution >= 4 is 18.0 Å². The fourth-order valence-corrected chi connectivity index (χ4v) is 2.29. The summed E-state index contributed by atoms with van der Waals surface area (Å²) in [5.74, 6) is -0.870. The molecule has 0 radical (unpaired) electrons. The Hall–Kier alpha value is -2.05. The van der Waals surface area contributed by atoms with E-state index in [0.717, 1.165) is 25.0 Å². The zero-order valence-corrected chi connectivity index (χ0v) is 13.7. The third-order valence-electron chi connectivity index (χ3n) is 3.57. The number of carbonyl (C=O) groups excluding carboxylic acids is 3. The zero-order valence-electron chi connectivity index (χ0n) is 13.7. The Morgan fingerprint density at radius 2 is 1.74 bits per heavy atom. The monoisotopic (exact) mass is 327 g/mol. The van der Waals surface area contributed by atoms with Gasteiger partial charge in [0.1, 0.15) is 6.61 Å². The van der Waals surface area contributed by atoms with Crippen molar-refractivity contribution < 1.29 is 28.6 Å². The Balaban J connectivity index is 2.15. The Morgan fingerprint density at radius 1 is 1.09 bits per heavy atom. The molecule has 0 spiro atoms. The highest BCUT2D eigenvalue weighted by molar-refractivity contribution is 5.91. The number of nitrogens with one attached hydrogen (secondary N) is 1. The van der Waals surface area contributed by atoms with Crippen LogP contribution in [0.15, 0.2) is 12.2 Å². The van der Waals surface area contributed by atoms with Crippen LogP contribution in [-0.4, -0.2) is 44.4 Å². The van der Waals surface area contributed by atoms with Crippen molar-refractivity contribution in [1.29, 1.82) is 0 Å². The maximum Gasteiger partial charge on any atom is 0.407 e. The number of hydrogen-bond donors (Lipinski definition) is 1. The Labute approximate surface area is 136 Å². The second-order valence-electron chi connectivity index (χ2n) is 5.63. The molecule has 0 aromatic heterocycles. The van der Waals surface area contributed by atoms with Gasteiger partial charge in [-0.15, -0.1) is 0 Å². The third-order valence-corrected chi connectivity index (χ3v) is 3.57. The summed E-state index contributed by atoms with van der Waals surface area (Å²) in [6.45, 7) is 2.11. The molecule has 1 N–H and O–H groups in total. The minimum atomic E-state index is -0.681. The number of carbonyl (C=O) groups is 3. The van der Waals surface area contributed by atoms with Crippen LogP contribution in [0, 0.1) is 5.92 Å². The van der Waals surface area contributed by atoms with E-state index < -0.39 is 18.0 Å². The third kappa shape index (κ3) is 8.85. The molecule has 0 aromatic carbocycles. The van der Waals surface area contributed by atoms with Crippen molar-refractivity contribution in [3.63, 3.8) is 0 Å². The van der Waals surface area contributed by atoms with Crippen LogP contribution in [0.1, 0.15) is 39.0 Å². The summed E-state index contributed by atoms with van der Waals surface area (Å²) in [6, 6.07) is -0.385. The Kier molecular flexibility index (Phi) is 8.79. The standard InChI is InChI=1S/C16H25NO6/c1-12(10-22-15(19)9-8-14(18)21-2)17-16(20)23-11-13-6-4-3-5-7-13/h8-9,12-13H,3-7,10-11H2,1-2H3,(H,17,20)/b9-8+/t12-/m0/s1. The molecule has 1 aliphatic rings. The molecule has 130 valence electrons. The molecule has 1 aliphatic carbocycles. The second kappa shape index (κ2) is 10.6. The van der Waals surface area contributed by atoms with Crippen molar-refractivity contribution in [3.8, 4) is 0 Å². The molecule has 0 heterocycles. The molecule has 0 saturated heterocycles. The van der Waals surface area contributed by atoms with Crippen LogP contribution in [0.5, 0.6) is 0 Å². The zero-order chi connectivity index (χ0) is 17.1. The molecule has 7 heteroatoms. The number of amides is 1. The molecule has 0 aliphatic heterocycles. The average Bonchev–Trinajstić information content (AvgIpc) is 2.56. The van der Waals surface area contributed by atoms with Crippen LogP contribution in [0.3, 0.4) is 0 Å². The van der Waals surface area contributed by atoms with Gasteiger partial charge in [-0.3, -0.25) is 0 Å². The highest BCUT2D eigenvalue weighted by atomic mass is 16.6. The van der Waals surface area contributed by atoms with Gasteiger partial charge < -0.3 is 19.5 Å². The van der Waals surface area contributed by atoms with E-state index in [1.54, 1.807) is 6.92 Å². The normalized spacial score (nSPS) is 16.6. The largest absolute Gasteiger partial charge is 0.466 e. The van der Waals surface area contributed by atoms with Gasteiger partial charge in [-0.05, 0) is 25.7 Å². The van der Waals surface area contributed by atoms with Crippen molar-refractivity contribution in [2.45, 2.75) is 45.1 Å². The van der Waals surface area contributed by atoms with E-state index in [2.05, 4.69) is 10.1 Å². The van der Waals surface area contributed by atoms with Crippen LogP contribution in [0.2, 0.25) is 0 Å². The van der Waals surface area contributed by atoms with Gasteiger partial charge in [-0.2, -0.15) is 0 Å². The summed E-state index contributed by atoms with van der Waals surface area (Å²) < 4.78 is 14.4. The van der Waals surface area contributed by atoms with Gasteiger partial charge in [0.15, 0.2) is 0 Å².